The molecule has 1 saturated carbocycles. The van der Waals surface area contributed by atoms with Gasteiger partial charge >= 0.3 is 0 Å². The molecule has 0 amide bonds. The number of aromatic nitrogens is 2. The molecule has 162 valence electrons. The standard InChI is InChI=1S/C27H44N2/c1-18(2)12-23-8-10-24(11-9-23)16-26-22(7)29(19(3)4)28-27(26)17-25-14-20(5)13-21(6)15-25/h8,10,18-21,25H,9,11-17H2,1-7H3. The number of nitrogens with zero attached hydrogens (tertiary/aromatic N) is 2. The van der Waals surface area contributed by atoms with Crippen molar-refractivity contribution in [3.05, 3.63) is 40.2 Å². The fourth-order valence-electron chi connectivity index (χ4n) is 5.86. The molecular weight excluding hydrogens is 352 g/mol. The molecule has 2 aliphatic rings. The molecule has 3 rings (SSSR count). The molecule has 0 spiro atoms. The van der Waals surface area contributed by atoms with E-state index in [1.165, 1.54) is 61.9 Å². The fraction of sp³-hybridized carbons (Fsp3) is 0.741. The van der Waals surface area contributed by atoms with E-state index < -0.39 is 0 Å². The van der Waals surface area contributed by atoms with Gasteiger partial charge in [0.05, 0.1) is 5.69 Å². The normalized spacial score (nSPS) is 25.5. The summed E-state index contributed by atoms with van der Waals surface area (Å²) >= 11 is 0. The predicted molar refractivity (Wildman–Crippen MR) is 125 cm³/mol. The van der Waals surface area contributed by atoms with Gasteiger partial charge in [0, 0.05) is 17.3 Å². The van der Waals surface area contributed by atoms with Crippen LogP contribution in [0.3, 0.4) is 0 Å². The summed E-state index contributed by atoms with van der Waals surface area (Å²) in [6.45, 7) is 16.3. The van der Waals surface area contributed by atoms with Crippen molar-refractivity contribution in [2.45, 2.75) is 106 Å². The van der Waals surface area contributed by atoms with Gasteiger partial charge in [-0.3, -0.25) is 4.68 Å². The number of rotatable bonds is 7. The van der Waals surface area contributed by atoms with Gasteiger partial charge in [0.1, 0.15) is 0 Å². The van der Waals surface area contributed by atoms with Crippen LogP contribution in [0.4, 0.5) is 0 Å². The van der Waals surface area contributed by atoms with Crippen LogP contribution in [0.5, 0.6) is 0 Å². The van der Waals surface area contributed by atoms with Crippen LogP contribution in [0.1, 0.15) is 103 Å². The molecule has 1 aromatic heterocycles. The van der Waals surface area contributed by atoms with Crippen molar-refractivity contribution in [3.63, 3.8) is 0 Å². The fourth-order valence-corrected chi connectivity index (χ4v) is 5.86. The van der Waals surface area contributed by atoms with Gasteiger partial charge in [-0.15, -0.1) is 0 Å². The summed E-state index contributed by atoms with van der Waals surface area (Å²) in [5, 5.41) is 5.15. The lowest BCUT2D eigenvalue weighted by Crippen LogP contribution is -2.21. The molecule has 0 aliphatic heterocycles. The molecule has 2 unspecified atom stereocenters. The van der Waals surface area contributed by atoms with E-state index in [0.29, 0.717) is 6.04 Å². The molecule has 2 nitrogen and oxygen atoms in total. The van der Waals surface area contributed by atoms with Gasteiger partial charge < -0.3 is 0 Å². The van der Waals surface area contributed by atoms with Crippen molar-refractivity contribution in [2.24, 2.45) is 23.7 Å². The topological polar surface area (TPSA) is 17.8 Å². The summed E-state index contributed by atoms with van der Waals surface area (Å²) in [5.74, 6) is 3.30. The van der Waals surface area contributed by atoms with E-state index in [1.807, 2.05) is 0 Å². The summed E-state index contributed by atoms with van der Waals surface area (Å²) in [6.07, 6.45) is 15.0. The molecule has 0 N–H and O–H groups in total. The molecule has 0 aromatic carbocycles. The van der Waals surface area contributed by atoms with Gasteiger partial charge in [-0.2, -0.15) is 5.10 Å². The van der Waals surface area contributed by atoms with Crippen LogP contribution in [0.15, 0.2) is 23.3 Å². The first-order valence-corrected chi connectivity index (χ1v) is 12.2. The van der Waals surface area contributed by atoms with Crippen LogP contribution < -0.4 is 0 Å². The second-order valence-electron chi connectivity index (χ2n) is 11.0. The van der Waals surface area contributed by atoms with Crippen molar-refractivity contribution >= 4 is 0 Å². The molecule has 1 aromatic rings. The molecule has 1 heterocycles. The Kier molecular flexibility index (Phi) is 7.46. The first-order chi connectivity index (χ1) is 13.7. The highest BCUT2D eigenvalue weighted by molar-refractivity contribution is 5.34. The Labute approximate surface area is 179 Å². The first-order valence-electron chi connectivity index (χ1n) is 12.2. The third kappa shape index (κ3) is 5.86. The molecule has 1 fully saturated rings. The van der Waals surface area contributed by atoms with Gasteiger partial charge in [-0.05, 0) is 95.8 Å². The molecule has 2 aliphatic carbocycles. The summed E-state index contributed by atoms with van der Waals surface area (Å²) in [5.41, 5.74) is 7.53. The lowest BCUT2D eigenvalue weighted by molar-refractivity contribution is 0.217. The maximum Gasteiger partial charge on any atom is 0.0665 e. The smallest absolute Gasteiger partial charge is 0.0665 e. The number of hydrogen-bond donors (Lipinski definition) is 0. The van der Waals surface area contributed by atoms with Gasteiger partial charge in [0.25, 0.3) is 0 Å². The van der Waals surface area contributed by atoms with E-state index in [1.54, 1.807) is 11.1 Å². The zero-order valence-corrected chi connectivity index (χ0v) is 20.1. The Hall–Kier alpha value is -1.31. The minimum Gasteiger partial charge on any atom is -0.267 e. The second kappa shape index (κ2) is 9.67. The van der Waals surface area contributed by atoms with E-state index >= 15 is 0 Å². The Bertz CT molecular complexity index is 737. The quantitative estimate of drug-likeness (QED) is 0.463. The Balaban J connectivity index is 1.80. The van der Waals surface area contributed by atoms with Gasteiger partial charge in [-0.25, -0.2) is 0 Å². The van der Waals surface area contributed by atoms with Crippen molar-refractivity contribution < 1.29 is 0 Å². The Morgan fingerprint density at radius 2 is 1.59 bits per heavy atom. The zero-order chi connectivity index (χ0) is 21.1. The molecule has 2 atom stereocenters. The first kappa shape index (κ1) is 22.4. The van der Waals surface area contributed by atoms with Crippen molar-refractivity contribution in [3.8, 4) is 0 Å². The largest absolute Gasteiger partial charge is 0.267 e. The minimum atomic E-state index is 0.435. The highest BCUT2D eigenvalue weighted by Gasteiger charge is 2.27. The van der Waals surface area contributed by atoms with Gasteiger partial charge in [0.2, 0.25) is 0 Å². The number of allylic oxidation sites excluding steroid dienone is 4. The molecule has 0 radical (unpaired) electrons. The monoisotopic (exact) mass is 396 g/mol. The second-order valence-corrected chi connectivity index (χ2v) is 11.0. The number of hydrogen-bond acceptors (Lipinski definition) is 1. The van der Waals surface area contributed by atoms with Crippen LogP contribution in [0, 0.1) is 30.6 Å². The van der Waals surface area contributed by atoms with Crippen molar-refractivity contribution in [1.82, 2.24) is 9.78 Å². The van der Waals surface area contributed by atoms with Crippen molar-refractivity contribution in [1.29, 1.82) is 0 Å². The summed E-state index contributed by atoms with van der Waals surface area (Å²) < 4.78 is 2.28. The van der Waals surface area contributed by atoms with Gasteiger partial charge in [-0.1, -0.05) is 51.0 Å². The molecule has 0 bridgehead atoms. The van der Waals surface area contributed by atoms with Crippen LogP contribution >= 0.6 is 0 Å². The zero-order valence-electron chi connectivity index (χ0n) is 20.1. The van der Waals surface area contributed by atoms with Crippen LogP contribution in [-0.4, -0.2) is 9.78 Å². The van der Waals surface area contributed by atoms with Gasteiger partial charge in [0.15, 0.2) is 0 Å². The van der Waals surface area contributed by atoms with Crippen molar-refractivity contribution in [2.75, 3.05) is 0 Å². The molecular formula is C27H44N2. The summed E-state index contributed by atoms with van der Waals surface area (Å²) in [6, 6.07) is 0.435. The maximum atomic E-state index is 5.15. The lowest BCUT2D eigenvalue weighted by Gasteiger charge is -2.31. The molecule has 29 heavy (non-hydrogen) atoms. The third-order valence-corrected chi connectivity index (χ3v) is 7.00. The average molecular weight is 397 g/mol. The van der Waals surface area contributed by atoms with E-state index in [-0.39, 0.29) is 0 Å². The predicted octanol–water partition coefficient (Wildman–Crippen LogP) is 7.62. The molecule has 0 saturated heterocycles. The minimum absolute atomic E-state index is 0.435. The lowest BCUT2D eigenvalue weighted by atomic mass is 9.74. The maximum absolute atomic E-state index is 5.15. The van der Waals surface area contributed by atoms with E-state index in [2.05, 4.69) is 65.3 Å². The SMILES string of the molecule is Cc1c(CC2=CC=C(CC(C)C)CC2)c(CC2CC(C)CC(C)C2)nn1C(C)C. The van der Waals surface area contributed by atoms with Crippen LogP contribution in [0.2, 0.25) is 0 Å². The van der Waals surface area contributed by atoms with E-state index in [0.717, 1.165) is 30.1 Å². The summed E-state index contributed by atoms with van der Waals surface area (Å²) in [7, 11) is 0. The summed E-state index contributed by atoms with van der Waals surface area (Å²) in [4.78, 5) is 0. The van der Waals surface area contributed by atoms with E-state index in [9.17, 15) is 0 Å². The van der Waals surface area contributed by atoms with Crippen LogP contribution in [0.25, 0.3) is 0 Å². The Morgan fingerprint density at radius 1 is 0.966 bits per heavy atom. The van der Waals surface area contributed by atoms with E-state index in [4.69, 9.17) is 5.10 Å². The molecule has 2 heteroatoms. The highest BCUT2D eigenvalue weighted by atomic mass is 15.3. The highest BCUT2D eigenvalue weighted by Crippen LogP contribution is 2.36. The Morgan fingerprint density at radius 3 is 2.14 bits per heavy atom. The third-order valence-electron chi connectivity index (χ3n) is 7.00. The van der Waals surface area contributed by atoms with Crippen LogP contribution in [-0.2, 0) is 12.8 Å². The average Bonchev–Trinajstić information content (AvgIpc) is 2.91.